The Bertz CT molecular complexity index is 961. The number of imide groups is 1. The summed E-state index contributed by atoms with van der Waals surface area (Å²) in [6, 6.07) is 4.35. The molecule has 3 amide bonds. The molecule has 0 spiro atoms. The molecular formula is C21H26Cl2N5O2+. The third-order valence-corrected chi connectivity index (χ3v) is 6.66. The number of carbonyl (C=O) groups excluding carboxylic acids is 2. The minimum Gasteiger partial charge on any atom is -0.292 e. The third-order valence-electron chi connectivity index (χ3n) is 6.08. The number of piperidine rings is 1. The number of rotatable bonds is 4. The highest BCUT2D eigenvalue weighted by Crippen LogP contribution is 2.26. The minimum absolute atomic E-state index is 0.274. The van der Waals surface area contributed by atoms with E-state index in [0.717, 1.165) is 35.8 Å². The molecule has 1 aromatic rings. The van der Waals surface area contributed by atoms with Gasteiger partial charge in [0.15, 0.2) is 0 Å². The Balaban J connectivity index is 1.72. The molecule has 0 N–H and O–H groups in total. The number of likely N-dealkylation sites (N-methyl/N-ethyl adjacent to an activating group) is 2. The van der Waals surface area contributed by atoms with Gasteiger partial charge in [0, 0.05) is 36.2 Å². The van der Waals surface area contributed by atoms with Crippen LogP contribution in [0, 0.1) is 5.92 Å². The zero-order valence-corrected chi connectivity index (χ0v) is 18.9. The Kier molecular flexibility index (Phi) is 5.88. The Labute approximate surface area is 186 Å². The SMILES string of the molecule is CC1CCCN(CC2=[N+](Cc3ccc(Cl)cc3Cl)C3C(=O)N(C)C(=O)N(C)C3=N2)C1. The number of nitrogens with zero attached hydrogens (tertiary/aromatic N) is 5. The van der Waals surface area contributed by atoms with Crippen LogP contribution in [0.15, 0.2) is 23.2 Å². The van der Waals surface area contributed by atoms with Gasteiger partial charge in [0.05, 0.1) is 0 Å². The standard InChI is InChI=1S/C21H26Cl2N5O2/c1-13-5-4-8-27(10-13)12-17-24-19-18(20(29)26(3)21(30)25(19)2)28(17)11-14-6-7-15(22)9-16(14)23/h6-7,9,13,18H,4-5,8,10-12H2,1-3H3/q+1. The number of halogens is 2. The second kappa shape index (κ2) is 8.29. The number of hydrogen-bond donors (Lipinski definition) is 0. The van der Waals surface area contributed by atoms with Gasteiger partial charge < -0.3 is 0 Å². The number of likely N-dealkylation sites (tertiary alicyclic amines) is 1. The molecule has 0 aliphatic carbocycles. The molecule has 2 saturated heterocycles. The lowest BCUT2D eigenvalue weighted by Crippen LogP contribution is -2.61. The first kappa shape index (κ1) is 21.3. The molecule has 0 radical (unpaired) electrons. The van der Waals surface area contributed by atoms with Crippen LogP contribution in [-0.2, 0) is 11.3 Å². The Morgan fingerprint density at radius 2 is 1.97 bits per heavy atom. The van der Waals surface area contributed by atoms with Gasteiger partial charge in [-0.3, -0.25) is 19.5 Å². The van der Waals surface area contributed by atoms with Gasteiger partial charge in [-0.15, -0.1) is 0 Å². The number of urea groups is 1. The van der Waals surface area contributed by atoms with Gasteiger partial charge >= 0.3 is 11.9 Å². The summed E-state index contributed by atoms with van der Waals surface area (Å²) in [5.41, 5.74) is 0.858. The van der Waals surface area contributed by atoms with E-state index in [1.807, 2.05) is 10.6 Å². The predicted molar refractivity (Wildman–Crippen MR) is 117 cm³/mol. The number of carbonyl (C=O) groups is 2. The smallest absolute Gasteiger partial charge is 0.292 e. The zero-order valence-electron chi connectivity index (χ0n) is 17.4. The monoisotopic (exact) mass is 450 g/mol. The van der Waals surface area contributed by atoms with Crippen molar-refractivity contribution in [2.45, 2.75) is 32.4 Å². The largest absolute Gasteiger partial charge is 0.333 e. The van der Waals surface area contributed by atoms with Gasteiger partial charge in [0.25, 0.3) is 17.8 Å². The van der Waals surface area contributed by atoms with E-state index in [1.54, 1.807) is 19.2 Å². The van der Waals surface area contributed by atoms with Gasteiger partial charge in [-0.1, -0.05) is 36.2 Å². The van der Waals surface area contributed by atoms with Crippen molar-refractivity contribution in [3.63, 3.8) is 0 Å². The number of hydrogen-bond acceptors (Lipinski definition) is 4. The number of amides is 3. The van der Waals surface area contributed by atoms with Gasteiger partial charge in [0.1, 0.15) is 13.1 Å². The van der Waals surface area contributed by atoms with Crippen LogP contribution in [0.4, 0.5) is 4.79 Å². The Morgan fingerprint density at radius 1 is 1.20 bits per heavy atom. The normalized spacial score (nSPS) is 25.2. The molecule has 4 rings (SSSR count). The van der Waals surface area contributed by atoms with Gasteiger partial charge in [0.2, 0.25) is 0 Å². The summed E-state index contributed by atoms with van der Waals surface area (Å²) < 4.78 is 1.98. The van der Waals surface area contributed by atoms with Crippen LogP contribution >= 0.6 is 23.2 Å². The van der Waals surface area contributed by atoms with Crippen LogP contribution in [0.2, 0.25) is 10.0 Å². The van der Waals surface area contributed by atoms with E-state index in [4.69, 9.17) is 28.2 Å². The van der Waals surface area contributed by atoms with E-state index in [2.05, 4.69) is 11.8 Å². The maximum absolute atomic E-state index is 13.1. The molecule has 160 valence electrons. The van der Waals surface area contributed by atoms with Crippen LogP contribution in [-0.4, -0.2) is 82.7 Å². The summed E-state index contributed by atoms with van der Waals surface area (Å²) in [6.07, 6.45) is 2.38. The zero-order chi connectivity index (χ0) is 21.6. The quantitative estimate of drug-likeness (QED) is 0.662. The van der Waals surface area contributed by atoms with E-state index in [9.17, 15) is 9.59 Å². The van der Waals surface area contributed by atoms with Crippen molar-refractivity contribution >= 4 is 46.8 Å². The maximum atomic E-state index is 13.1. The fourth-order valence-corrected chi connectivity index (χ4v) is 4.89. The molecule has 3 aliphatic rings. The van der Waals surface area contributed by atoms with Crippen molar-refractivity contribution < 1.29 is 14.2 Å². The second-order valence-electron chi connectivity index (χ2n) is 8.37. The highest BCUT2D eigenvalue weighted by Gasteiger charge is 2.53. The molecule has 2 fully saturated rings. The van der Waals surface area contributed by atoms with Crippen molar-refractivity contribution in [1.29, 1.82) is 0 Å². The molecule has 2 unspecified atom stereocenters. The van der Waals surface area contributed by atoms with E-state index in [1.165, 1.54) is 18.4 Å². The summed E-state index contributed by atoms with van der Waals surface area (Å²) in [5.74, 6) is 1.63. The van der Waals surface area contributed by atoms with E-state index >= 15 is 0 Å². The van der Waals surface area contributed by atoms with Crippen LogP contribution < -0.4 is 0 Å². The molecule has 7 nitrogen and oxygen atoms in total. The average molecular weight is 451 g/mol. The van der Waals surface area contributed by atoms with Crippen molar-refractivity contribution in [2.75, 3.05) is 33.7 Å². The summed E-state index contributed by atoms with van der Waals surface area (Å²) in [6.45, 7) is 5.30. The van der Waals surface area contributed by atoms with Gasteiger partial charge in [-0.25, -0.2) is 9.37 Å². The fourth-order valence-electron chi connectivity index (χ4n) is 4.42. The molecule has 9 heteroatoms. The first-order chi connectivity index (χ1) is 14.3. The summed E-state index contributed by atoms with van der Waals surface area (Å²) in [4.78, 5) is 35.3. The van der Waals surface area contributed by atoms with Crippen LogP contribution in [0.25, 0.3) is 0 Å². The topological polar surface area (TPSA) is 59.2 Å². The average Bonchev–Trinajstić information content (AvgIpc) is 3.05. The highest BCUT2D eigenvalue weighted by atomic mass is 35.5. The fraction of sp³-hybridized carbons (Fsp3) is 0.524. The molecule has 30 heavy (non-hydrogen) atoms. The first-order valence-corrected chi connectivity index (χ1v) is 10.9. The Hall–Kier alpha value is -1.96. The second-order valence-corrected chi connectivity index (χ2v) is 9.22. The molecule has 0 aromatic heterocycles. The van der Waals surface area contributed by atoms with Crippen LogP contribution in [0.5, 0.6) is 0 Å². The van der Waals surface area contributed by atoms with Crippen LogP contribution in [0.3, 0.4) is 0 Å². The number of benzene rings is 1. The number of aliphatic imine (C=N–C) groups is 1. The number of amidine groups is 2. The molecule has 0 bridgehead atoms. The predicted octanol–water partition coefficient (Wildman–Crippen LogP) is 2.94. The summed E-state index contributed by atoms with van der Waals surface area (Å²) in [5, 5.41) is 1.11. The summed E-state index contributed by atoms with van der Waals surface area (Å²) in [7, 11) is 3.17. The van der Waals surface area contributed by atoms with Crippen LogP contribution in [0.1, 0.15) is 25.3 Å². The molecule has 3 heterocycles. The van der Waals surface area contributed by atoms with E-state index in [0.29, 0.717) is 34.9 Å². The molecule has 0 saturated carbocycles. The van der Waals surface area contributed by atoms with Crippen molar-refractivity contribution in [1.82, 2.24) is 14.7 Å². The first-order valence-electron chi connectivity index (χ1n) is 10.2. The lowest BCUT2D eigenvalue weighted by Gasteiger charge is -2.31. The highest BCUT2D eigenvalue weighted by molar-refractivity contribution is 6.35. The molecule has 3 aliphatic heterocycles. The lowest BCUT2D eigenvalue weighted by atomic mass is 10.0. The van der Waals surface area contributed by atoms with Gasteiger partial charge in [-0.05, 0) is 42.4 Å². The van der Waals surface area contributed by atoms with E-state index < -0.39 is 6.04 Å². The van der Waals surface area contributed by atoms with Gasteiger partial charge in [-0.2, -0.15) is 0 Å². The van der Waals surface area contributed by atoms with E-state index in [-0.39, 0.29) is 11.9 Å². The number of fused-ring (bicyclic) bond motifs is 1. The van der Waals surface area contributed by atoms with Crippen molar-refractivity contribution in [3.8, 4) is 0 Å². The molecule has 1 aromatic carbocycles. The van der Waals surface area contributed by atoms with Crippen molar-refractivity contribution in [3.05, 3.63) is 33.8 Å². The molecular weight excluding hydrogens is 425 g/mol. The van der Waals surface area contributed by atoms with Crippen molar-refractivity contribution in [2.24, 2.45) is 10.9 Å². The minimum atomic E-state index is -0.637. The maximum Gasteiger partial charge on any atom is 0.333 e. The Morgan fingerprint density at radius 3 is 2.67 bits per heavy atom. The summed E-state index contributed by atoms with van der Waals surface area (Å²) >= 11 is 12.5. The lowest BCUT2D eigenvalue weighted by molar-refractivity contribution is -0.552. The molecule has 2 atom stereocenters. The third kappa shape index (κ3) is 3.86.